The molecule has 1 fully saturated rings. The van der Waals surface area contributed by atoms with Crippen molar-refractivity contribution in [1.82, 2.24) is 14.3 Å². The Morgan fingerprint density at radius 2 is 1.84 bits per heavy atom. The number of sulfonamides is 1. The number of ether oxygens (including phenoxy) is 1. The van der Waals surface area contributed by atoms with Gasteiger partial charge >= 0.3 is 6.09 Å². The van der Waals surface area contributed by atoms with Gasteiger partial charge in [-0.2, -0.15) is 4.31 Å². The maximum absolute atomic E-state index is 13.5. The fraction of sp³-hybridized carbons (Fsp3) is 0.591. The molecule has 0 spiro atoms. The Morgan fingerprint density at radius 1 is 1.16 bits per heavy atom. The van der Waals surface area contributed by atoms with Gasteiger partial charge in [-0.3, -0.25) is 10.3 Å². The summed E-state index contributed by atoms with van der Waals surface area (Å²) in [6, 6.07) is 4.36. The van der Waals surface area contributed by atoms with Crippen LogP contribution >= 0.6 is 0 Å². The van der Waals surface area contributed by atoms with Crippen molar-refractivity contribution in [3.63, 3.8) is 0 Å². The predicted octanol–water partition coefficient (Wildman–Crippen LogP) is 3.83. The van der Waals surface area contributed by atoms with Crippen molar-refractivity contribution in [2.24, 2.45) is 0 Å². The minimum atomic E-state index is -3.75. The maximum Gasteiger partial charge on any atom is 0.410 e. The van der Waals surface area contributed by atoms with E-state index < -0.39 is 27.8 Å². The molecule has 31 heavy (non-hydrogen) atoms. The number of carbonyl (C=O) groups excluding carboxylic acids is 1. The van der Waals surface area contributed by atoms with Crippen LogP contribution in [-0.4, -0.2) is 65.3 Å². The molecule has 0 saturated carbocycles. The molecular formula is C22H33N3O5S. The van der Waals surface area contributed by atoms with Crippen LogP contribution in [0.4, 0.5) is 4.79 Å². The van der Waals surface area contributed by atoms with Crippen LogP contribution in [0.2, 0.25) is 0 Å². The molecule has 1 aromatic rings. The van der Waals surface area contributed by atoms with Gasteiger partial charge in [-0.15, -0.1) is 0 Å². The van der Waals surface area contributed by atoms with E-state index in [1.54, 1.807) is 29.2 Å². The van der Waals surface area contributed by atoms with Crippen LogP contribution in [0.1, 0.15) is 64.6 Å². The van der Waals surface area contributed by atoms with Crippen LogP contribution in [0.3, 0.4) is 0 Å². The van der Waals surface area contributed by atoms with E-state index in [4.69, 9.17) is 4.74 Å². The number of hydrogen-bond acceptors (Lipinski definition) is 6. The number of hydrogen-bond donors (Lipinski definition) is 1. The summed E-state index contributed by atoms with van der Waals surface area (Å²) in [7, 11) is -3.75. The molecule has 1 unspecified atom stereocenters. The van der Waals surface area contributed by atoms with Gasteiger partial charge in [0, 0.05) is 31.9 Å². The molecule has 1 aromatic carbocycles. The topological polar surface area (TPSA) is 90.4 Å². The molecule has 1 N–H and O–H groups in total. The highest BCUT2D eigenvalue weighted by molar-refractivity contribution is 7.89. The number of hydroxylamine groups is 2. The van der Waals surface area contributed by atoms with Crippen molar-refractivity contribution in [3.8, 4) is 0 Å². The van der Waals surface area contributed by atoms with E-state index in [-0.39, 0.29) is 17.5 Å². The number of fused-ring (bicyclic) bond motifs is 1. The maximum atomic E-state index is 13.5. The van der Waals surface area contributed by atoms with Crippen LogP contribution < -0.4 is 0 Å². The van der Waals surface area contributed by atoms with Gasteiger partial charge in [0.25, 0.3) is 0 Å². The quantitative estimate of drug-likeness (QED) is 0.735. The van der Waals surface area contributed by atoms with Crippen molar-refractivity contribution in [3.05, 3.63) is 35.5 Å². The number of amides is 1. The van der Waals surface area contributed by atoms with Gasteiger partial charge in [-0.25, -0.2) is 13.2 Å². The first kappa shape index (κ1) is 23.6. The van der Waals surface area contributed by atoms with Crippen molar-refractivity contribution < 1.29 is 23.2 Å². The molecule has 0 aromatic heterocycles. The van der Waals surface area contributed by atoms with Gasteiger partial charge in [0.15, 0.2) is 0 Å². The Bertz CT molecular complexity index is 954. The van der Waals surface area contributed by atoms with Crippen LogP contribution in [-0.2, 0) is 14.8 Å². The van der Waals surface area contributed by atoms with E-state index in [9.17, 15) is 18.4 Å². The molecule has 9 heteroatoms. The SMILES string of the molecule is CC1c2ccc(S(=O)(=O)N3CCCCN(C(=O)OC(C)(C)C)C[C@H]3C)cc2C=CN1O. The molecule has 3 rings (SSSR count). The normalized spacial score (nSPS) is 23.2. The van der Waals surface area contributed by atoms with Gasteiger partial charge in [-0.1, -0.05) is 6.07 Å². The molecule has 2 aliphatic rings. The number of benzene rings is 1. The summed E-state index contributed by atoms with van der Waals surface area (Å²) in [6.45, 7) is 10.3. The minimum absolute atomic E-state index is 0.214. The van der Waals surface area contributed by atoms with Crippen molar-refractivity contribution in [2.75, 3.05) is 19.6 Å². The van der Waals surface area contributed by atoms with E-state index in [1.165, 1.54) is 10.5 Å². The van der Waals surface area contributed by atoms with Gasteiger partial charge in [0.05, 0.1) is 10.9 Å². The summed E-state index contributed by atoms with van der Waals surface area (Å²) >= 11 is 0. The molecule has 8 nitrogen and oxygen atoms in total. The van der Waals surface area contributed by atoms with E-state index in [2.05, 4.69) is 0 Å². The number of rotatable bonds is 2. The van der Waals surface area contributed by atoms with Crippen LogP contribution in [0.5, 0.6) is 0 Å². The Kier molecular flexibility index (Phi) is 6.69. The summed E-state index contributed by atoms with van der Waals surface area (Å²) in [5.41, 5.74) is 1.03. The van der Waals surface area contributed by atoms with Crippen molar-refractivity contribution >= 4 is 22.2 Å². The zero-order valence-electron chi connectivity index (χ0n) is 18.9. The van der Waals surface area contributed by atoms with E-state index in [0.717, 1.165) is 16.2 Å². The molecule has 2 aliphatic heterocycles. The summed E-state index contributed by atoms with van der Waals surface area (Å²) in [5, 5.41) is 11.0. The molecule has 2 heterocycles. The molecule has 172 valence electrons. The fourth-order valence-electron chi connectivity index (χ4n) is 3.94. The number of carbonyl (C=O) groups is 1. The molecule has 0 bridgehead atoms. The Labute approximate surface area is 185 Å². The molecule has 1 saturated heterocycles. The highest BCUT2D eigenvalue weighted by Crippen LogP contribution is 2.31. The Balaban J connectivity index is 1.84. The molecule has 2 atom stereocenters. The summed E-state index contributed by atoms with van der Waals surface area (Å²) < 4.78 is 34.0. The van der Waals surface area contributed by atoms with Crippen molar-refractivity contribution in [2.45, 2.75) is 70.0 Å². The first-order chi connectivity index (χ1) is 14.4. The average Bonchev–Trinajstić information content (AvgIpc) is 2.65. The van der Waals surface area contributed by atoms with E-state index in [0.29, 0.717) is 25.9 Å². The second-order valence-corrected chi connectivity index (χ2v) is 11.2. The van der Waals surface area contributed by atoms with Crippen LogP contribution in [0.25, 0.3) is 6.08 Å². The smallest absolute Gasteiger partial charge is 0.410 e. The zero-order valence-corrected chi connectivity index (χ0v) is 19.7. The van der Waals surface area contributed by atoms with Crippen LogP contribution in [0.15, 0.2) is 29.3 Å². The lowest BCUT2D eigenvalue weighted by Crippen LogP contribution is -2.50. The first-order valence-electron chi connectivity index (χ1n) is 10.7. The molecular weight excluding hydrogens is 418 g/mol. The molecule has 1 amide bonds. The number of nitrogens with zero attached hydrogens (tertiary/aromatic N) is 3. The van der Waals surface area contributed by atoms with Gasteiger partial charge in [0.1, 0.15) is 5.60 Å². The second kappa shape index (κ2) is 8.80. The third kappa shape index (κ3) is 5.22. The highest BCUT2D eigenvalue weighted by atomic mass is 32.2. The third-order valence-electron chi connectivity index (χ3n) is 5.60. The summed E-state index contributed by atoms with van der Waals surface area (Å²) in [6.07, 6.45) is 4.18. The average molecular weight is 452 g/mol. The van der Waals surface area contributed by atoms with Gasteiger partial charge in [0.2, 0.25) is 10.0 Å². The van der Waals surface area contributed by atoms with E-state index >= 15 is 0 Å². The first-order valence-corrected chi connectivity index (χ1v) is 12.1. The third-order valence-corrected chi connectivity index (χ3v) is 7.61. The highest BCUT2D eigenvalue weighted by Gasteiger charge is 2.34. The largest absolute Gasteiger partial charge is 0.444 e. The predicted molar refractivity (Wildman–Crippen MR) is 118 cm³/mol. The summed E-state index contributed by atoms with van der Waals surface area (Å²) in [4.78, 5) is 14.4. The summed E-state index contributed by atoms with van der Waals surface area (Å²) in [5.74, 6) is 0. The van der Waals surface area contributed by atoms with Crippen LogP contribution in [0, 0.1) is 0 Å². The van der Waals surface area contributed by atoms with Gasteiger partial charge in [-0.05, 0) is 76.8 Å². The fourth-order valence-corrected chi connectivity index (χ4v) is 5.64. The standard InChI is InChI=1S/C22H33N3O5S/c1-16-15-23(21(26)30-22(3,4)5)11-6-7-12-25(16)31(28,29)19-8-9-20-17(2)24(27)13-10-18(20)14-19/h8-10,13-14,16-17,27H,6-7,11-12,15H2,1-5H3/t16-,17?/m1/s1. The Morgan fingerprint density at radius 3 is 2.52 bits per heavy atom. The minimum Gasteiger partial charge on any atom is -0.444 e. The molecule has 0 radical (unpaired) electrons. The van der Waals surface area contributed by atoms with Gasteiger partial charge < -0.3 is 9.64 Å². The zero-order chi connectivity index (χ0) is 23.0. The van der Waals surface area contributed by atoms with Crippen molar-refractivity contribution in [1.29, 1.82) is 0 Å². The lowest BCUT2D eigenvalue weighted by Gasteiger charge is -2.36. The lowest BCUT2D eigenvalue weighted by atomic mass is 9.99. The second-order valence-electron chi connectivity index (χ2n) is 9.26. The lowest BCUT2D eigenvalue weighted by molar-refractivity contribution is -0.0755. The van der Waals surface area contributed by atoms with E-state index in [1.807, 2.05) is 34.6 Å². The Hall–Kier alpha value is -2.10. The monoisotopic (exact) mass is 451 g/mol. The molecule has 0 aliphatic carbocycles.